The molecule has 2 aliphatic rings. The lowest BCUT2D eigenvalue weighted by Crippen LogP contribution is -2.47. The van der Waals surface area contributed by atoms with E-state index in [1.807, 2.05) is 6.07 Å². The summed E-state index contributed by atoms with van der Waals surface area (Å²) in [6.07, 6.45) is 6.01. The highest BCUT2D eigenvalue weighted by Crippen LogP contribution is 2.19. The summed E-state index contributed by atoms with van der Waals surface area (Å²) in [4.78, 5) is 22.4. The third-order valence-electron chi connectivity index (χ3n) is 4.27. The van der Waals surface area contributed by atoms with Crippen molar-refractivity contribution in [3.63, 3.8) is 0 Å². The van der Waals surface area contributed by atoms with Crippen molar-refractivity contribution >= 4 is 17.7 Å². The molecule has 7 nitrogen and oxygen atoms in total. The van der Waals surface area contributed by atoms with E-state index in [1.165, 1.54) is 0 Å². The lowest BCUT2D eigenvalue weighted by atomic mass is 10.1. The number of hydrogen-bond donors (Lipinski definition) is 2. The summed E-state index contributed by atoms with van der Waals surface area (Å²) >= 11 is 0. The topological polar surface area (TPSA) is 79.4 Å². The largest absolute Gasteiger partial charge is 0.379 e. The molecule has 2 aliphatic heterocycles. The number of amides is 1. The van der Waals surface area contributed by atoms with Crippen molar-refractivity contribution in [3.8, 4) is 0 Å². The number of aromatic nitrogens is 2. The average Bonchev–Trinajstić information content (AvgIpc) is 2.56. The predicted molar refractivity (Wildman–Crippen MR) is 88.5 cm³/mol. The van der Waals surface area contributed by atoms with E-state index in [4.69, 9.17) is 4.74 Å². The summed E-state index contributed by atoms with van der Waals surface area (Å²) < 4.78 is 5.50. The molecule has 0 bridgehead atoms. The van der Waals surface area contributed by atoms with Crippen molar-refractivity contribution < 1.29 is 9.53 Å². The zero-order valence-corrected chi connectivity index (χ0v) is 13.6. The number of carbonyl (C=O) groups is 1. The number of nitrogens with one attached hydrogen (secondary N) is 2. The van der Waals surface area contributed by atoms with Crippen molar-refractivity contribution in [2.45, 2.75) is 44.7 Å². The first-order valence-electron chi connectivity index (χ1n) is 8.40. The van der Waals surface area contributed by atoms with Crippen molar-refractivity contribution in [1.82, 2.24) is 15.3 Å². The lowest BCUT2D eigenvalue weighted by Gasteiger charge is -2.33. The van der Waals surface area contributed by atoms with Crippen LogP contribution in [0.15, 0.2) is 12.3 Å². The van der Waals surface area contributed by atoms with Crippen LogP contribution in [0.5, 0.6) is 0 Å². The molecule has 3 heterocycles. The number of hydrogen-bond acceptors (Lipinski definition) is 6. The lowest BCUT2D eigenvalue weighted by molar-refractivity contribution is -0.119. The first-order chi connectivity index (χ1) is 11.2. The van der Waals surface area contributed by atoms with Gasteiger partial charge < -0.3 is 20.3 Å². The van der Waals surface area contributed by atoms with Gasteiger partial charge in [0.2, 0.25) is 11.9 Å². The van der Waals surface area contributed by atoms with Crippen LogP contribution in [0.25, 0.3) is 0 Å². The van der Waals surface area contributed by atoms with Gasteiger partial charge in [-0.3, -0.25) is 4.79 Å². The molecule has 1 aromatic heterocycles. The molecule has 0 radical (unpaired) electrons. The van der Waals surface area contributed by atoms with Gasteiger partial charge in [-0.2, -0.15) is 4.98 Å². The third-order valence-corrected chi connectivity index (χ3v) is 4.27. The Morgan fingerprint density at radius 3 is 3.00 bits per heavy atom. The molecule has 0 unspecified atom stereocenters. The second kappa shape index (κ2) is 7.59. The fraction of sp³-hybridized carbons (Fsp3) is 0.688. The van der Waals surface area contributed by atoms with Crippen LogP contribution >= 0.6 is 0 Å². The second-order valence-corrected chi connectivity index (χ2v) is 6.29. The van der Waals surface area contributed by atoms with Gasteiger partial charge >= 0.3 is 0 Å². The Kier molecular flexibility index (Phi) is 5.27. The van der Waals surface area contributed by atoms with Crippen LogP contribution in [0.3, 0.4) is 0 Å². The molecular weight excluding hydrogens is 294 g/mol. The number of rotatable bonds is 4. The maximum atomic E-state index is 11.2. The molecule has 2 atom stereocenters. The third kappa shape index (κ3) is 4.54. The van der Waals surface area contributed by atoms with E-state index in [1.54, 1.807) is 13.1 Å². The SMILES string of the molecule is CC(=O)N[C@@H]1CCCN(c2nccc(N[C@@H]3CCCOC3)n2)C1. The van der Waals surface area contributed by atoms with Crippen LogP contribution in [-0.2, 0) is 9.53 Å². The molecule has 0 spiro atoms. The van der Waals surface area contributed by atoms with Crippen LogP contribution in [0, 0.1) is 0 Å². The van der Waals surface area contributed by atoms with E-state index in [0.29, 0.717) is 6.04 Å². The summed E-state index contributed by atoms with van der Waals surface area (Å²) in [5.74, 6) is 1.58. The summed E-state index contributed by atoms with van der Waals surface area (Å²) in [6.45, 7) is 4.83. The average molecular weight is 319 g/mol. The predicted octanol–water partition coefficient (Wildman–Crippen LogP) is 1.17. The van der Waals surface area contributed by atoms with Gasteiger partial charge in [-0.05, 0) is 31.7 Å². The van der Waals surface area contributed by atoms with E-state index < -0.39 is 0 Å². The van der Waals surface area contributed by atoms with E-state index in [0.717, 1.165) is 63.8 Å². The Morgan fingerprint density at radius 2 is 2.22 bits per heavy atom. The molecule has 3 rings (SSSR count). The van der Waals surface area contributed by atoms with Gasteiger partial charge in [-0.15, -0.1) is 0 Å². The highest BCUT2D eigenvalue weighted by molar-refractivity contribution is 5.73. The fourth-order valence-electron chi connectivity index (χ4n) is 3.21. The standard InChI is InChI=1S/C16H25N5O2/c1-12(22)18-13-4-2-8-21(10-13)16-17-7-6-15(20-16)19-14-5-3-9-23-11-14/h6-7,13-14H,2-5,8-11H2,1H3,(H,18,22)(H,17,19,20)/t13-,14-/m1/s1. The normalized spacial score (nSPS) is 25.0. The highest BCUT2D eigenvalue weighted by Gasteiger charge is 2.22. The van der Waals surface area contributed by atoms with Gasteiger partial charge in [0.15, 0.2) is 0 Å². The minimum atomic E-state index is 0.0190. The Labute approximate surface area is 136 Å². The first-order valence-corrected chi connectivity index (χ1v) is 8.40. The molecule has 23 heavy (non-hydrogen) atoms. The maximum absolute atomic E-state index is 11.2. The monoisotopic (exact) mass is 319 g/mol. The van der Waals surface area contributed by atoms with Gasteiger partial charge in [0, 0.05) is 38.9 Å². The molecular formula is C16H25N5O2. The number of nitrogens with zero attached hydrogens (tertiary/aromatic N) is 3. The molecule has 0 aliphatic carbocycles. The molecule has 126 valence electrons. The Hall–Kier alpha value is -1.89. The first kappa shape index (κ1) is 16.0. The van der Waals surface area contributed by atoms with Crippen LogP contribution in [0.2, 0.25) is 0 Å². The minimum absolute atomic E-state index is 0.0190. The summed E-state index contributed by atoms with van der Waals surface area (Å²) in [5, 5.41) is 6.42. The zero-order valence-electron chi connectivity index (χ0n) is 13.6. The van der Waals surface area contributed by atoms with Crippen molar-refractivity contribution in [1.29, 1.82) is 0 Å². The number of anilines is 2. The van der Waals surface area contributed by atoms with E-state index in [9.17, 15) is 4.79 Å². The molecule has 0 aromatic carbocycles. The van der Waals surface area contributed by atoms with Crippen molar-refractivity contribution in [3.05, 3.63) is 12.3 Å². The number of ether oxygens (including phenoxy) is 1. The molecule has 0 saturated carbocycles. The highest BCUT2D eigenvalue weighted by atomic mass is 16.5. The fourth-order valence-corrected chi connectivity index (χ4v) is 3.21. The summed E-state index contributed by atoms with van der Waals surface area (Å²) in [7, 11) is 0. The second-order valence-electron chi connectivity index (χ2n) is 6.29. The zero-order chi connectivity index (χ0) is 16.1. The molecule has 1 amide bonds. The number of piperidine rings is 1. The van der Waals surface area contributed by atoms with E-state index in [2.05, 4.69) is 25.5 Å². The van der Waals surface area contributed by atoms with Crippen LogP contribution in [0.4, 0.5) is 11.8 Å². The smallest absolute Gasteiger partial charge is 0.227 e. The minimum Gasteiger partial charge on any atom is -0.379 e. The Bertz CT molecular complexity index is 533. The molecule has 1 aromatic rings. The van der Waals surface area contributed by atoms with Gasteiger partial charge in [0.1, 0.15) is 5.82 Å². The number of carbonyl (C=O) groups excluding carboxylic acids is 1. The van der Waals surface area contributed by atoms with Crippen LogP contribution in [-0.4, -0.2) is 54.3 Å². The van der Waals surface area contributed by atoms with Gasteiger partial charge in [-0.25, -0.2) is 4.98 Å². The van der Waals surface area contributed by atoms with Gasteiger partial charge in [0.25, 0.3) is 0 Å². The van der Waals surface area contributed by atoms with E-state index in [-0.39, 0.29) is 11.9 Å². The van der Waals surface area contributed by atoms with E-state index >= 15 is 0 Å². The van der Waals surface area contributed by atoms with Crippen LogP contribution < -0.4 is 15.5 Å². The van der Waals surface area contributed by atoms with Crippen molar-refractivity contribution in [2.24, 2.45) is 0 Å². The summed E-state index contributed by atoms with van der Waals surface area (Å²) in [5.41, 5.74) is 0. The quantitative estimate of drug-likeness (QED) is 0.867. The molecule has 2 N–H and O–H groups in total. The van der Waals surface area contributed by atoms with Crippen LogP contribution in [0.1, 0.15) is 32.6 Å². The Balaban J connectivity index is 1.62. The molecule has 7 heteroatoms. The molecule has 2 fully saturated rings. The van der Waals surface area contributed by atoms with Crippen molar-refractivity contribution in [2.75, 3.05) is 36.5 Å². The van der Waals surface area contributed by atoms with Gasteiger partial charge in [0.05, 0.1) is 12.6 Å². The Morgan fingerprint density at radius 1 is 1.35 bits per heavy atom. The maximum Gasteiger partial charge on any atom is 0.227 e. The van der Waals surface area contributed by atoms with Gasteiger partial charge in [-0.1, -0.05) is 0 Å². The molecule has 2 saturated heterocycles. The summed E-state index contributed by atoms with van der Waals surface area (Å²) in [6, 6.07) is 2.39.